The first kappa shape index (κ1) is 28.6. The molecule has 3 aromatic carbocycles. The van der Waals surface area contributed by atoms with Gasteiger partial charge in [0.05, 0.1) is 5.56 Å². The molecule has 1 aliphatic rings. The fraction of sp³-hybridized carbons (Fsp3) is 0.303. The van der Waals surface area contributed by atoms with Gasteiger partial charge in [-0.05, 0) is 55.2 Å². The first-order valence-corrected chi connectivity index (χ1v) is 13.6. The Bertz CT molecular complexity index is 1330. The number of carbonyl (C=O) groups is 3. The number of amides is 3. The van der Waals surface area contributed by atoms with Gasteiger partial charge in [0.2, 0.25) is 5.91 Å². The zero-order chi connectivity index (χ0) is 28.7. The summed E-state index contributed by atoms with van der Waals surface area (Å²) in [5.74, 6) is -0.236. The third kappa shape index (κ3) is 5.93. The maximum Gasteiger partial charge on any atom is 0.338 e. The maximum atomic E-state index is 13.7. The zero-order valence-electron chi connectivity index (χ0n) is 23.3. The Morgan fingerprint density at radius 1 is 0.950 bits per heavy atom. The lowest BCUT2D eigenvalue weighted by Crippen LogP contribution is -2.73. The molecule has 0 radical (unpaired) electrons. The highest BCUT2D eigenvalue weighted by atomic mass is 16.5. The lowest BCUT2D eigenvalue weighted by molar-refractivity contribution is -0.192. The second-order valence-electron chi connectivity index (χ2n) is 10.0. The number of likely N-dealkylation sites (tertiary alicyclic amines) is 1. The number of urea groups is 1. The molecule has 1 atom stereocenters. The minimum Gasteiger partial charge on any atom is -0.469 e. The molecule has 3 amide bonds. The Morgan fingerprint density at radius 3 is 2.20 bits per heavy atom. The van der Waals surface area contributed by atoms with Gasteiger partial charge in [-0.15, -0.1) is 6.58 Å². The summed E-state index contributed by atoms with van der Waals surface area (Å²) in [5.41, 5.74) is 2.56. The van der Waals surface area contributed by atoms with Crippen LogP contribution < -0.4 is 4.74 Å². The van der Waals surface area contributed by atoms with Crippen molar-refractivity contribution in [3.8, 4) is 5.75 Å². The van der Waals surface area contributed by atoms with E-state index >= 15 is 0 Å². The minimum absolute atomic E-state index is 0.179. The molecule has 208 valence electrons. The van der Waals surface area contributed by atoms with E-state index in [-0.39, 0.29) is 19.1 Å². The van der Waals surface area contributed by atoms with Crippen LogP contribution in [0.1, 0.15) is 53.7 Å². The van der Waals surface area contributed by atoms with E-state index in [0.717, 1.165) is 16.7 Å². The van der Waals surface area contributed by atoms with E-state index in [1.807, 2.05) is 75.4 Å². The van der Waals surface area contributed by atoms with Crippen LogP contribution in [0.5, 0.6) is 5.75 Å². The predicted octanol–water partition coefficient (Wildman–Crippen LogP) is 6.51. The first-order valence-electron chi connectivity index (χ1n) is 13.6. The fourth-order valence-electron chi connectivity index (χ4n) is 4.92. The van der Waals surface area contributed by atoms with Crippen molar-refractivity contribution in [1.82, 2.24) is 9.80 Å². The molecule has 3 aromatic rings. The van der Waals surface area contributed by atoms with Crippen molar-refractivity contribution in [2.75, 3.05) is 6.54 Å². The molecule has 0 bridgehead atoms. The Hall–Kier alpha value is -4.39. The number of hydrogen-bond acceptors (Lipinski definition) is 5. The third-order valence-corrected chi connectivity index (χ3v) is 7.48. The lowest BCUT2D eigenvalue weighted by Gasteiger charge is -2.54. The van der Waals surface area contributed by atoms with Gasteiger partial charge in [0.15, 0.2) is 6.23 Å². The number of rotatable bonds is 11. The summed E-state index contributed by atoms with van der Waals surface area (Å²) in [7, 11) is 0. The molecule has 1 saturated heterocycles. The summed E-state index contributed by atoms with van der Waals surface area (Å²) in [6.45, 7) is 10.5. The average molecular weight is 541 g/mol. The van der Waals surface area contributed by atoms with E-state index in [1.165, 1.54) is 4.90 Å². The molecule has 1 heterocycles. The van der Waals surface area contributed by atoms with Gasteiger partial charge >= 0.3 is 12.0 Å². The van der Waals surface area contributed by atoms with Crippen molar-refractivity contribution < 1.29 is 23.9 Å². The summed E-state index contributed by atoms with van der Waals surface area (Å²) in [6.07, 6.45) is 1.93. The van der Waals surface area contributed by atoms with Crippen LogP contribution in [0.4, 0.5) is 4.79 Å². The van der Waals surface area contributed by atoms with Crippen molar-refractivity contribution in [1.29, 1.82) is 0 Å². The predicted molar refractivity (Wildman–Crippen MR) is 153 cm³/mol. The molecule has 40 heavy (non-hydrogen) atoms. The van der Waals surface area contributed by atoms with E-state index in [1.54, 1.807) is 35.2 Å². The summed E-state index contributed by atoms with van der Waals surface area (Å²) in [5, 5.41) is 0. The van der Waals surface area contributed by atoms with Crippen LogP contribution in [0.25, 0.3) is 0 Å². The van der Waals surface area contributed by atoms with Crippen LogP contribution >= 0.6 is 0 Å². The largest absolute Gasteiger partial charge is 0.469 e. The second-order valence-corrected chi connectivity index (χ2v) is 10.0. The number of imide groups is 1. The highest BCUT2D eigenvalue weighted by Gasteiger charge is 2.63. The minimum atomic E-state index is -0.813. The quantitative estimate of drug-likeness (QED) is 0.157. The normalized spacial score (nSPS) is 15.6. The molecule has 0 aliphatic carbocycles. The SMILES string of the molecule is C=CCN(Cc1ccc(C)cc1)C(=O)N1C(=O)C(CC)(CC)C1Oc1ccc(C(=O)OCc2ccccc2)cc1. The van der Waals surface area contributed by atoms with Gasteiger partial charge in [0.25, 0.3) is 0 Å². The highest BCUT2D eigenvalue weighted by molar-refractivity contribution is 6.03. The number of β-lactam (4-membered cyclic amide) rings is 1. The Balaban J connectivity index is 1.49. The van der Waals surface area contributed by atoms with E-state index in [0.29, 0.717) is 30.7 Å². The molecule has 0 spiro atoms. The van der Waals surface area contributed by atoms with Crippen molar-refractivity contribution in [2.45, 2.75) is 53.0 Å². The van der Waals surface area contributed by atoms with Crippen LogP contribution in [-0.4, -0.2) is 40.5 Å². The molecule has 7 nitrogen and oxygen atoms in total. The molecular weight excluding hydrogens is 504 g/mol. The van der Waals surface area contributed by atoms with Gasteiger partial charge < -0.3 is 14.4 Å². The molecule has 0 saturated carbocycles. The average Bonchev–Trinajstić information content (AvgIpc) is 2.98. The van der Waals surface area contributed by atoms with Crippen LogP contribution in [-0.2, 0) is 22.7 Å². The van der Waals surface area contributed by atoms with Gasteiger partial charge in [0, 0.05) is 13.1 Å². The summed E-state index contributed by atoms with van der Waals surface area (Å²) >= 11 is 0. The summed E-state index contributed by atoms with van der Waals surface area (Å²) in [6, 6.07) is 23.5. The Morgan fingerprint density at radius 2 is 1.60 bits per heavy atom. The number of ether oxygens (including phenoxy) is 2. The smallest absolute Gasteiger partial charge is 0.338 e. The Labute approximate surface area is 236 Å². The standard InChI is InChI=1S/C33H36N2O5/c1-5-21-34(22-25-15-13-24(4)14-16-25)32(38)35-30(37)33(6-2,7-3)31(35)40-28-19-17-27(18-20-28)29(36)39-23-26-11-9-8-10-12-26/h5,8-20,31H,1,6-7,21-23H2,2-4H3. The topological polar surface area (TPSA) is 76.2 Å². The third-order valence-electron chi connectivity index (χ3n) is 7.48. The van der Waals surface area contributed by atoms with Gasteiger partial charge in [-0.2, -0.15) is 0 Å². The first-order chi connectivity index (χ1) is 19.3. The van der Waals surface area contributed by atoms with E-state index < -0.39 is 23.6 Å². The maximum absolute atomic E-state index is 13.7. The van der Waals surface area contributed by atoms with Gasteiger partial charge in [-0.1, -0.05) is 80.1 Å². The van der Waals surface area contributed by atoms with Gasteiger partial charge in [-0.3, -0.25) is 4.79 Å². The molecule has 1 aliphatic heterocycles. The van der Waals surface area contributed by atoms with Crippen LogP contribution in [0.2, 0.25) is 0 Å². The van der Waals surface area contributed by atoms with Crippen molar-refractivity contribution in [3.05, 3.63) is 114 Å². The van der Waals surface area contributed by atoms with Crippen LogP contribution in [0.15, 0.2) is 91.5 Å². The van der Waals surface area contributed by atoms with E-state index in [4.69, 9.17) is 9.47 Å². The zero-order valence-corrected chi connectivity index (χ0v) is 23.3. The van der Waals surface area contributed by atoms with E-state index in [2.05, 4.69) is 6.58 Å². The summed E-state index contributed by atoms with van der Waals surface area (Å²) < 4.78 is 11.7. The molecule has 0 aromatic heterocycles. The van der Waals surface area contributed by atoms with Crippen LogP contribution in [0.3, 0.4) is 0 Å². The highest BCUT2D eigenvalue weighted by Crippen LogP contribution is 2.46. The second kappa shape index (κ2) is 12.6. The Kier molecular flexibility index (Phi) is 9.04. The van der Waals surface area contributed by atoms with Crippen molar-refractivity contribution in [2.24, 2.45) is 5.41 Å². The molecule has 4 rings (SSSR count). The lowest BCUT2D eigenvalue weighted by atomic mass is 9.72. The molecular formula is C33H36N2O5. The van der Waals surface area contributed by atoms with Gasteiger partial charge in [-0.25, -0.2) is 14.5 Å². The number of aryl methyl sites for hydroxylation is 1. The number of carbonyl (C=O) groups excluding carboxylic acids is 3. The molecule has 0 N–H and O–H groups in total. The molecule has 1 fully saturated rings. The van der Waals surface area contributed by atoms with Crippen molar-refractivity contribution in [3.63, 3.8) is 0 Å². The van der Waals surface area contributed by atoms with E-state index in [9.17, 15) is 14.4 Å². The molecule has 7 heteroatoms. The molecule has 1 unspecified atom stereocenters. The fourth-order valence-corrected chi connectivity index (χ4v) is 4.92. The number of hydrogen-bond donors (Lipinski definition) is 0. The number of nitrogens with zero attached hydrogens (tertiary/aromatic N) is 2. The number of esters is 1. The number of benzene rings is 3. The monoisotopic (exact) mass is 540 g/mol. The summed E-state index contributed by atoms with van der Waals surface area (Å²) in [4.78, 5) is 42.5. The van der Waals surface area contributed by atoms with Crippen LogP contribution in [0, 0.1) is 12.3 Å². The van der Waals surface area contributed by atoms with Crippen molar-refractivity contribution >= 4 is 17.9 Å². The van der Waals surface area contributed by atoms with Gasteiger partial charge in [0.1, 0.15) is 17.8 Å².